The lowest BCUT2D eigenvalue weighted by atomic mass is 10.2. The SMILES string of the molecule is O=C(Nc1ccc2c(c1)OCCO2)c1cnc(NC2CC2)cn1. The molecule has 23 heavy (non-hydrogen) atoms. The molecule has 0 bridgehead atoms. The van der Waals surface area contributed by atoms with Crippen LogP contribution in [0.25, 0.3) is 0 Å². The Hall–Kier alpha value is -2.83. The number of aromatic nitrogens is 2. The van der Waals surface area contributed by atoms with Gasteiger partial charge in [0.05, 0.1) is 12.4 Å². The molecule has 2 aliphatic rings. The van der Waals surface area contributed by atoms with Crippen molar-refractivity contribution in [3.63, 3.8) is 0 Å². The van der Waals surface area contributed by atoms with Gasteiger partial charge >= 0.3 is 0 Å². The number of hydrogen-bond donors (Lipinski definition) is 2. The smallest absolute Gasteiger partial charge is 0.275 e. The van der Waals surface area contributed by atoms with E-state index in [2.05, 4.69) is 20.6 Å². The van der Waals surface area contributed by atoms with Gasteiger partial charge in [0.25, 0.3) is 5.91 Å². The van der Waals surface area contributed by atoms with E-state index in [-0.39, 0.29) is 11.6 Å². The number of ether oxygens (including phenoxy) is 2. The Labute approximate surface area is 133 Å². The normalized spacial score (nSPS) is 15.8. The number of carbonyl (C=O) groups is 1. The lowest BCUT2D eigenvalue weighted by Crippen LogP contribution is -2.17. The summed E-state index contributed by atoms with van der Waals surface area (Å²) in [6.45, 7) is 1.04. The molecule has 1 aliphatic carbocycles. The Kier molecular flexibility index (Phi) is 3.45. The van der Waals surface area contributed by atoms with Gasteiger partial charge in [-0.25, -0.2) is 9.97 Å². The topological polar surface area (TPSA) is 85.4 Å². The van der Waals surface area contributed by atoms with E-state index in [4.69, 9.17) is 9.47 Å². The summed E-state index contributed by atoms with van der Waals surface area (Å²) in [7, 11) is 0. The molecule has 0 unspecified atom stereocenters. The summed E-state index contributed by atoms with van der Waals surface area (Å²) in [5.41, 5.74) is 0.891. The van der Waals surface area contributed by atoms with E-state index in [0.29, 0.717) is 42.3 Å². The van der Waals surface area contributed by atoms with Crippen LogP contribution in [0, 0.1) is 0 Å². The molecule has 0 saturated heterocycles. The van der Waals surface area contributed by atoms with Crippen LogP contribution in [0.15, 0.2) is 30.6 Å². The molecule has 2 aromatic rings. The molecule has 1 aromatic heterocycles. The van der Waals surface area contributed by atoms with Crippen LogP contribution in [0.1, 0.15) is 23.3 Å². The van der Waals surface area contributed by atoms with Crippen molar-refractivity contribution >= 4 is 17.4 Å². The van der Waals surface area contributed by atoms with Crippen molar-refractivity contribution in [2.24, 2.45) is 0 Å². The third kappa shape index (κ3) is 3.18. The lowest BCUT2D eigenvalue weighted by molar-refractivity contribution is 0.102. The van der Waals surface area contributed by atoms with E-state index < -0.39 is 0 Å². The van der Waals surface area contributed by atoms with E-state index >= 15 is 0 Å². The maximum Gasteiger partial charge on any atom is 0.275 e. The van der Waals surface area contributed by atoms with Crippen LogP contribution < -0.4 is 20.1 Å². The van der Waals surface area contributed by atoms with Crippen LogP contribution in [0.4, 0.5) is 11.5 Å². The summed E-state index contributed by atoms with van der Waals surface area (Å²) >= 11 is 0. The second-order valence-electron chi connectivity index (χ2n) is 5.52. The molecule has 1 aromatic carbocycles. The maximum atomic E-state index is 12.2. The second-order valence-corrected chi connectivity index (χ2v) is 5.52. The maximum absolute atomic E-state index is 12.2. The standard InChI is InChI=1S/C16H16N4O3/c21-16(12-8-18-15(9-17-12)19-10-1-2-10)20-11-3-4-13-14(7-11)23-6-5-22-13/h3-4,7-10H,1-2,5-6H2,(H,18,19)(H,20,21). The molecule has 0 radical (unpaired) electrons. The molecular formula is C16H16N4O3. The van der Waals surface area contributed by atoms with Crippen LogP contribution in [-0.4, -0.2) is 35.1 Å². The molecule has 0 spiro atoms. The third-order valence-electron chi connectivity index (χ3n) is 3.61. The first kappa shape index (κ1) is 13.8. The summed E-state index contributed by atoms with van der Waals surface area (Å²) in [6, 6.07) is 5.78. The van der Waals surface area contributed by atoms with E-state index in [1.165, 1.54) is 6.20 Å². The van der Waals surface area contributed by atoms with E-state index in [1.807, 2.05) is 0 Å². The summed E-state index contributed by atoms with van der Waals surface area (Å²) in [5, 5.41) is 6.01. The molecule has 1 amide bonds. The summed E-state index contributed by atoms with van der Waals surface area (Å²) in [4.78, 5) is 20.6. The predicted molar refractivity (Wildman–Crippen MR) is 84.1 cm³/mol. The molecule has 0 atom stereocenters. The largest absolute Gasteiger partial charge is 0.486 e. The van der Waals surface area contributed by atoms with Crippen LogP contribution in [-0.2, 0) is 0 Å². The molecule has 2 heterocycles. The number of fused-ring (bicyclic) bond motifs is 1. The Morgan fingerprint density at radius 2 is 1.91 bits per heavy atom. The molecule has 4 rings (SSSR count). The Bertz CT molecular complexity index is 729. The van der Waals surface area contributed by atoms with Gasteiger partial charge in [-0.2, -0.15) is 0 Å². The minimum atomic E-state index is -0.313. The number of nitrogens with zero attached hydrogens (tertiary/aromatic N) is 2. The van der Waals surface area contributed by atoms with Crippen molar-refractivity contribution < 1.29 is 14.3 Å². The molecular weight excluding hydrogens is 296 g/mol. The van der Waals surface area contributed by atoms with Crippen LogP contribution in [0.3, 0.4) is 0 Å². The van der Waals surface area contributed by atoms with Crippen molar-refractivity contribution in [2.75, 3.05) is 23.8 Å². The zero-order chi connectivity index (χ0) is 15.6. The van der Waals surface area contributed by atoms with Gasteiger partial charge in [0.2, 0.25) is 0 Å². The first-order valence-corrected chi connectivity index (χ1v) is 7.57. The van der Waals surface area contributed by atoms with Gasteiger partial charge in [-0.3, -0.25) is 4.79 Å². The number of hydrogen-bond acceptors (Lipinski definition) is 6. The van der Waals surface area contributed by atoms with Crippen molar-refractivity contribution in [2.45, 2.75) is 18.9 Å². The van der Waals surface area contributed by atoms with E-state index in [1.54, 1.807) is 24.4 Å². The highest BCUT2D eigenvalue weighted by atomic mass is 16.6. The highest BCUT2D eigenvalue weighted by molar-refractivity contribution is 6.02. The Morgan fingerprint density at radius 1 is 1.09 bits per heavy atom. The van der Waals surface area contributed by atoms with Crippen molar-refractivity contribution in [3.8, 4) is 11.5 Å². The number of amides is 1. The highest BCUT2D eigenvalue weighted by Gasteiger charge is 2.21. The van der Waals surface area contributed by atoms with Gasteiger partial charge in [-0.15, -0.1) is 0 Å². The zero-order valence-electron chi connectivity index (χ0n) is 12.4. The summed E-state index contributed by atoms with van der Waals surface area (Å²) in [5.74, 6) is 1.70. The monoisotopic (exact) mass is 312 g/mol. The van der Waals surface area contributed by atoms with Gasteiger partial charge in [0.15, 0.2) is 11.5 Å². The first-order chi connectivity index (χ1) is 11.3. The predicted octanol–water partition coefficient (Wildman–Crippen LogP) is 2.07. The zero-order valence-corrected chi connectivity index (χ0v) is 12.4. The minimum absolute atomic E-state index is 0.265. The number of benzene rings is 1. The van der Waals surface area contributed by atoms with Crippen LogP contribution in [0.2, 0.25) is 0 Å². The van der Waals surface area contributed by atoms with Gasteiger partial charge in [-0.1, -0.05) is 0 Å². The van der Waals surface area contributed by atoms with Gasteiger partial charge < -0.3 is 20.1 Å². The summed E-state index contributed by atoms with van der Waals surface area (Å²) < 4.78 is 10.9. The highest BCUT2D eigenvalue weighted by Crippen LogP contribution is 2.32. The molecule has 2 N–H and O–H groups in total. The number of rotatable bonds is 4. The van der Waals surface area contributed by atoms with E-state index in [9.17, 15) is 4.79 Å². The molecule has 118 valence electrons. The number of anilines is 2. The van der Waals surface area contributed by atoms with Crippen molar-refractivity contribution in [1.29, 1.82) is 0 Å². The quantitative estimate of drug-likeness (QED) is 0.899. The third-order valence-corrected chi connectivity index (χ3v) is 3.61. The number of nitrogens with one attached hydrogen (secondary N) is 2. The lowest BCUT2D eigenvalue weighted by Gasteiger charge is -2.18. The van der Waals surface area contributed by atoms with Crippen LogP contribution in [0.5, 0.6) is 11.5 Å². The molecule has 1 saturated carbocycles. The van der Waals surface area contributed by atoms with Crippen molar-refractivity contribution in [1.82, 2.24) is 9.97 Å². The Morgan fingerprint density at radius 3 is 2.65 bits per heavy atom. The fraction of sp³-hybridized carbons (Fsp3) is 0.312. The molecule has 7 heteroatoms. The van der Waals surface area contributed by atoms with Gasteiger partial charge in [-0.05, 0) is 25.0 Å². The second kappa shape index (κ2) is 5.75. The fourth-order valence-corrected chi connectivity index (χ4v) is 2.27. The number of carbonyl (C=O) groups excluding carboxylic acids is 1. The average Bonchev–Trinajstić information content (AvgIpc) is 3.39. The summed E-state index contributed by atoms with van der Waals surface area (Å²) in [6.07, 6.45) is 5.37. The van der Waals surface area contributed by atoms with E-state index in [0.717, 1.165) is 12.8 Å². The Balaban J connectivity index is 1.44. The molecule has 7 nitrogen and oxygen atoms in total. The molecule has 1 fully saturated rings. The fourth-order valence-electron chi connectivity index (χ4n) is 2.27. The van der Waals surface area contributed by atoms with Crippen molar-refractivity contribution in [3.05, 3.63) is 36.3 Å². The van der Waals surface area contributed by atoms with Gasteiger partial charge in [0, 0.05) is 17.8 Å². The minimum Gasteiger partial charge on any atom is -0.486 e. The molecule has 1 aliphatic heterocycles. The average molecular weight is 312 g/mol. The van der Waals surface area contributed by atoms with Gasteiger partial charge in [0.1, 0.15) is 24.7 Å². The first-order valence-electron chi connectivity index (χ1n) is 7.57. The van der Waals surface area contributed by atoms with Crippen LogP contribution >= 0.6 is 0 Å².